The summed E-state index contributed by atoms with van der Waals surface area (Å²) >= 11 is 0. The van der Waals surface area contributed by atoms with Crippen molar-refractivity contribution < 1.29 is 0 Å². The Morgan fingerprint density at radius 2 is 0.847 bits per heavy atom. The lowest BCUT2D eigenvalue weighted by molar-refractivity contribution is 0.841. The van der Waals surface area contributed by atoms with Gasteiger partial charge in [-0.3, -0.25) is 0 Å². The molecule has 14 rings (SSSR count). The molecule has 0 spiro atoms. The maximum Gasteiger partial charge on any atom is 0.0278 e. The molecule has 0 amide bonds. The van der Waals surface area contributed by atoms with Crippen molar-refractivity contribution >= 4 is 91.8 Å². The van der Waals surface area contributed by atoms with Crippen LogP contribution in [0.3, 0.4) is 0 Å². The van der Waals surface area contributed by atoms with Gasteiger partial charge in [-0.1, -0.05) is 194 Å². The first-order valence-corrected chi connectivity index (χ1v) is 21.0. The summed E-state index contributed by atoms with van der Waals surface area (Å²) in [7, 11) is 0. The Balaban J connectivity index is 1.13. The van der Waals surface area contributed by atoms with Crippen molar-refractivity contribution in [3.63, 3.8) is 0 Å². The normalized spacial score (nSPS) is 17.7. The first-order valence-electron chi connectivity index (χ1n) is 21.0. The highest BCUT2D eigenvalue weighted by molar-refractivity contribution is 6.32. The Kier molecular flexibility index (Phi) is 6.16. The van der Waals surface area contributed by atoms with Crippen molar-refractivity contribution in [3.05, 3.63) is 211 Å². The summed E-state index contributed by atoms with van der Waals surface area (Å²) in [5, 5.41) is 21.0. The molecule has 0 aromatic heterocycles. The first kappa shape index (κ1) is 31.8. The fourth-order valence-corrected chi connectivity index (χ4v) is 11.7. The van der Waals surface area contributed by atoms with Crippen LogP contribution in [0.4, 0.5) is 0 Å². The second kappa shape index (κ2) is 11.4. The van der Waals surface area contributed by atoms with E-state index in [1.807, 2.05) is 0 Å². The van der Waals surface area contributed by atoms with Gasteiger partial charge in [0.1, 0.15) is 0 Å². The zero-order valence-corrected chi connectivity index (χ0v) is 32.3. The first-order chi connectivity index (χ1) is 29.2. The standard InChI is InChI=1S/C59H36/c1-2-9-35(10-3-1)52-18-8-15-43-34-59(43,52)42-27-32-50-51(33-42)58(49-31-26-41-22-20-37-12-7-14-39-24-29-47(49)56(41)54(37)39)45-17-5-4-16-44(45)57(50)48-30-25-40-21-19-36-11-6-13-38-23-28-46(48)55(40)53(36)38/h1-33,43H,34H2. The van der Waals surface area contributed by atoms with E-state index in [9.17, 15) is 0 Å². The number of benzene rings is 12. The van der Waals surface area contributed by atoms with E-state index in [2.05, 4.69) is 200 Å². The molecule has 12 aromatic rings. The van der Waals surface area contributed by atoms with Crippen molar-refractivity contribution in [3.8, 4) is 22.3 Å². The van der Waals surface area contributed by atoms with Crippen LogP contribution >= 0.6 is 0 Å². The molecular formula is C59H36. The molecule has 2 unspecified atom stereocenters. The largest absolute Gasteiger partial charge is 0.0801 e. The topological polar surface area (TPSA) is 0 Å². The Morgan fingerprint density at radius 3 is 1.44 bits per heavy atom. The van der Waals surface area contributed by atoms with Crippen molar-refractivity contribution in [2.24, 2.45) is 5.92 Å². The molecule has 59 heavy (non-hydrogen) atoms. The smallest absolute Gasteiger partial charge is 0.0278 e. The molecule has 0 bridgehead atoms. The highest BCUT2D eigenvalue weighted by Gasteiger charge is 2.57. The lowest BCUT2D eigenvalue weighted by Crippen LogP contribution is -2.14. The molecule has 1 fully saturated rings. The summed E-state index contributed by atoms with van der Waals surface area (Å²) in [5.74, 6) is 0.482. The molecule has 0 heteroatoms. The minimum Gasteiger partial charge on any atom is -0.0801 e. The van der Waals surface area contributed by atoms with Crippen LogP contribution in [-0.2, 0) is 5.41 Å². The van der Waals surface area contributed by atoms with E-state index < -0.39 is 0 Å². The minimum absolute atomic E-state index is 0.0526. The number of fused-ring (bicyclic) bond motifs is 3. The average Bonchev–Trinajstić information content (AvgIpc) is 4.06. The molecular weight excluding hydrogens is 709 g/mol. The number of allylic oxidation sites excluding steroid dienone is 4. The van der Waals surface area contributed by atoms with Crippen molar-refractivity contribution in [1.82, 2.24) is 0 Å². The van der Waals surface area contributed by atoms with E-state index in [4.69, 9.17) is 0 Å². The molecule has 2 atom stereocenters. The predicted molar refractivity (Wildman–Crippen MR) is 253 cm³/mol. The molecule has 0 nitrogen and oxygen atoms in total. The van der Waals surface area contributed by atoms with Crippen molar-refractivity contribution in [1.29, 1.82) is 0 Å². The molecule has 2 aliphatic carbocycles. The summed E-state index contributed by atoms with van der Waals surface area (Å²) in [6.07, 6.45) is 8.23. The fraction of sp³-hybridized carbons (Fsp3) is 0.0508. The van der Waals surface area contributed by atoms with E-state index in [0.717, 1.165) is 6.42 Å². The Bertz CT molecular complexity index is 3770. The van der Waals surface area contributed by atoms with Gasteiger partial charge < -0.3 is 0 Å². The highest BCUT2D eigenvalue weighted by atomic mass is 14.6. The van der Waals surface area contributed by atoms with Crippen molar-refractivity contribution in [2.75, 3.05) is 0 Å². The third-order valence-electron chi connectivity index (χ3n) is 14.3. The molecule has 0 aliphatic heterocycles. The molecule has 12 aromatic carbocycles. The van der Waals surface area contributed by atoms with Gasteiger partial charge in [0.05, 0.1) is 0 Å². The minimum atomic E-state index is -0.0526. The van der Waals surface area contributed by atoms with E-state index in [1.54, 1.807) is 0 Å². The van der Waals surface area contributed by atoms with Crippen LogP contribution in [0, 0.1) is 5.92 Å². The van der Waals surface area contributed by atoms with Gasteiger partial charge >= 0.3 is 0 Å². The van der Waals surface area contributed by atoms with Crippen LogP contribution in [0.15, 0.2) is 200 Å². The van der Waals surface area contributed by atoms with E-state index in [-0.39, 0.29) is 5.41 Å². The van der Waals surface area contributed by atoms with Crippen LogP contribution in [-0.4, -0.2) is 0 Å². The molecule has 0 heterocycles. The van der Waals surface area contributed by atoms with Gasteiger partial charge in [0.25, 0.3) is 0 Å². The number of rotatable bonds is 4. The van der Waals surface area contributed by atoms with Gasteiger partial charge in [0.15, 0.2) is 0 Å². The Morgan fingerprint density at radius 1 is 0.373 bits per heavy atom. The van der Waals surface area contributed by atoms with E-state index >= 15 is 0 Å². The van der Waals surface area contributed by atoms with E-state index in [1.165, 1.54) is 125 Å². The maximum atomic E-state index is 2.60. The van der Waals surface area contributed by atoms with Gasteiger partial charge in [-0.25, -0.2) is 0 Å². The zero-order valence-electron chi connectivity index (χ0n) is 32.3. The Hall–Kier alpha value is -7.28. The fourth-order valence-electron chi connectivity index (χ4n) is 11.7. The zero-order chi connectivity index (χ0) is 38.4. The van der Waals surface area contributed by atoms with Gasteiger partial charge in [0.2, 0.25) is 0 Å². The van der Waals surface area contributed by atoms with Gasteiger partial charge in [-0.15, -0.1) is 0 Å². The molecule has 0 saturated heterocycles. The third kappa shape index (κ3) is 4.18. The van der Waals surface area contributed by atoms with Crippen LogP contribution in [0.25, 0.3) is 114 Å². The van der Waals surface area contributed by atoms with Crippen LogP contribution < -0.4 is 0 Å². The molecule has 2 aliphatic rings. The second-order valence-corrected chi connectivity index (χ2v) is 17.1. The SMILES string of the molecule is C1=CC2CC2(c2ccc3c(-c4ccc5ccc6cccc7ccc4c5c67)c4ccccc4c(-c4ccc5ccc6cccc7ccc4c5c67)c3c2)C(c2ccccc2)=C1. The van der Waals surface area contributed by atoms with Gasteiger partial charge in [-0.2, -0.15) is 0 Å². The molecule has 272 valence electrons. The predicted octanol–water partition coefficient (Wildman–Crippen LogP) is 16.0. The van der Waals surface area contributed by atoms with Gasteiger partial charge in [-0.05, 0) is 144 Å². The molecule has 0 N–H and O–H groups in total. The third-order valence-corrected chi connectivity index (χ3v) is 14.3. The summed E-state index contributed by atoms with van der Waals surface area (Å²) < 4.78 is 0. The maximum absolute atomic E-state index is 2.60. The lowest BCUT2D eigenvalue weighted by atomic mass is 9.77. The number of hydrogen-bond donors (Lipinski definition) is 0. The quantitative estimate of drug-likeness (QED) is 0.124. The van der Waals surface area contributed by atoms with Crippen molar-refractivity contribution in [2.45, 2.75) is 11.8 Å². The monoisotopic (exact) mass is 744 g/mol. The Labute approximate surface area is 341 Å². The molecule has 0 radical (unpaired) electrons. The summed E-state index contributed by atoms with van der Waals surface area (Å²) in [6, 6.07) is 69.4. The average molecular weight is 745 g/mol. The lowest BCUT2D eigenvalue weighted by Gasteiger charge is -2.26. The number of hydrogen-bond acceptors (Lipinski definition) is 0. The van der Waals surface area contributed by atoms with E-state index in [0.29, 0.717) is 5.92 Å². The second-order valence-electron chi connectivity index (χ2n) is 17.1. The molecule has 1 saturated carbocycles. The summed E-state index contributed by atoms with van der Waals surface area (Å²) in [6.45, 7) is 0. The highest BCUT2D eigenvalue weighted by Crippen LogP contribution is 2.65. The van der Waals surface area contributed by atoms with Crippen LogP contribution in [0.5, 0.6) is 0 Å². The van der Waals surface area contributed by atoms with Crippen LogP contribution in [0.1, 0.15) is 17.5 Å². The van der Waals surface area contributed by atoms with Gasteiger partial charge in [0, 0.05) is 5.41 Å². The van der Waals surface area contributed by atoms with Crippen LogP contribution in [0.2, 0.25) is 0 Å². The summed E-state index contributed by atoms with van der Waals surface area (Å²) in [4.78, 5) is 0. The summed E-state index contributed by atoms with van der Waals surface area (Å²) in [5.41, 5.74) is 9.33.